The zero-order valence-corrected chi connectivity index (χ0v) is 9.64. The van der Waals surface area contributed by atoms with Crippen molar-refractivity contribution in [3.63, 3.8) is 0 Å². The molecule has 0 atom stereocenters. The maximum atomic E-state index is 11.1. The van der Waals surface area contributed by atoms with Crippen LogP contribution in [-0.4, -0.2) is 17.7 Å². The lowest BCUT2D eigenvalue weighted by Gasteiger charge is -2.16. The standard InChI is InChI=1S/C13H12O5/c1-8(14)7-10(12(15)16)11(13(17)18)9-5-3-2-4-6-9/h2-6H,7H2,1H3,(H,15,16)(H,17,18)/p-2/b11-10+. The van der Waals surface area contributed by atoms with Crippen LogP contribution in [0.25, 0.3) is 5.57 Å². The summed E-state index contributed by atoms with van der Waals surface area (Å²) in [6, 6.07) is 7.61. The molecule has 5 heteroatoms. The summed E-state index contributed by atoms with van der Waals surface area (Å²) in [4.78, 5) is 33.0. The third kappa shape index (κ3) is 3.28. The number of carbonyl (C=O) groups is 3. The van der Waals surface area contributed by atoms with E-state index < -0.39 is 35.3 Å². The quantitative estimate of drug-likeness (QED) is 0.615. The van der Waals surface area contributed by atoms with Crippen LogP contribution in [0.5, 0.6) is 0 Å². The number of rotatable bonds is 5. The molecule has 0 bridgehead atoms. The number of benzene rings is 1. The maximum absolute atomic E-state index is 11.1. The molecule has 0 fully saturated rings. The second-order valence-corrected chi connectivity index (χ2v) is 3.67. The summed E-state index contributed by atoms with van der Waals surface area (Å²) < 4.78 is 0. The Morgan fingerprint density at radius 2 is 1.56 bits per heavy atom. The van der Waals surface area contributed by atoms with Crippen molar-refractivity contribution < 1.29 is 24.6 Å². The molecular weight excluding hydrogens is 236 g/mol. The highest BCUT2D eigenvalue weighted by molar-refractivity contribution is 6.21. The Bertz CT molecular complexity index is 513. The van der Waals surface area contributed by atoms with E-state index in [9.17, 15) is 24.6 Å². The second-order valence-electron chi connectivity index (χ2n) is 3.67. The number of hydrogen-bond acceptors (Lipinski definition) is 5. The molecule has 0 N–H and O–H groups in total. The van der Waals surface area contributed by atoms with Gasteiger partial charge in [0.25, 0.3) is 0 Å². The highest BCUT2D eigenvalue weighted by atomic mass is 16.4. The summed E-state index contributed by atoms with van der Waals surface area (Å²) in [5.74, 6) is -3.81. The van der Waals surface area contributed by atoms with E-state index in [0.29, 0.717) is 0 Å². The molecule has 0 aliphatic rings. The number of Topliss-reactive ketones (excluding diaryl/α,β-unsaturated/α-hetero) is 1. The molecule has 0 aromatic heterocycles. The average Bonchev–Trinajstić information content (AvgIpc) is 2.28. The molecule has 18 heavy (non-hydrogen) atoms. The molecule has 0 unspecified atom stereocenters. The molecular formula is C13H10O5-2. The lowest BCUT2D eigenvalue weighted by Crippen LogP contribution is -2.32. The van der Waals surface area contributed by atoms with Crippen LogP contribution in [0.1, 0.15) is 18.9 Å². The summed E-state index contributed by atoms with van der Waals surface area (Å²) >= 11 is 0. The predicted molar refractivity (Wildman–Crippen MR) is 58.7 cm³/mol. The first-order chi connectivity index (χ1) is 8.43. The summed E-state index contributed by atoms with van der Waals surface area (Å²) in [5.41, 5.74) is -0.933. The van der Waals surface area contributed by atoms with Gasteiger partial charge in [0.1, 0.15) is 5.78 Å². The van der Waals surface area contributed by atoms with Gasteiger partial charge in [0.15, 0.2) is 0 Å². The third-order valence-electron chi connectivity index (χ3n) is 2.24. The van der Waals surface area contributed by atoms with Gasteiger partial charge in [-0.1, -0.05) is 30.3 Å². The van der Waals surface area contributed by atoms with Crippen molar-refractivity contribution in [1.29, 1.82) is 0 Å². The monoisotopic (exact) mass is 246 g/mol. The summed E-state index contributed by atoms with van der Waals surface area (Å²) in [6.07, 6.45) is -0.513. The van der Waals surface area contributed by atoms with Gasteiger partial charge in [-0.15, -0.1) is 0 Å². The van der Waals surface area contributed by atoms with Crippen molar-refractivity contribution in [3.05, 3.63) is 41.5 Å². The van der Waals surface area contributed by atoms with Crippen molar-refractivity contribution in [3.8, 4) is 0 Å². The first-order valence-corrected chi connectivity index (χ1v) is 5.14. The number of carbonyl (C=O) groups excluding carboxylic acids is 3. The number of hydrogen-bond donors (Lipinski definition) is 0. The Labute approximate surface area is 103 Å². The molecule has 1 aromatic rings. The van der Waals surface area contributed by atoms with Crippen molar-refractivity contribution in [1.82, 2.24) is 0 Å². The first-order valence-electron chi connectivity index (χ1n) is 5.14. The number of carboxylic acids is 2. The SMILES string of the molecule is CC(=O)C/C(C(=O)[O-])=C(\C(=O)[O-])c1ccccc1. The Morgan fingerprint density at radius 1 is 1.00 bits per heavy atom. The minimum absolute atomic E-state index is 0.165. The van der Waals surface area contributed by atoms with E-state index in [4.69, 9.17) is 0 Å². The van der Waals surface area contributed by atoms with Crippen LogP contribution in [0.15, 0.2) is 35.9 Å². The van der Waals surface area contributed by atoms with Gasteiger partial charge in [0, 0.05) is 12.0 Å². The van der Waals surface area contributed by atoms with Gasteiger partial charge in [-0.2, -0.15) is 0 Å². The van der Waals surface area contributed by atoms with Crippen LogP contribution in [-0.2, 0) is 14.4 Å². The zero-order valence-electron chi connectivity index (χ0n) is 9.64. The fourth-order valence-electron chi connectivity index (χ4n) is 1.53. The molecule has 0 aliphatic carbocycles. The van der Waals surface area contributed by atoms with Gasteiger partial charge in [-0.3, -0.25) is 4.79 Å². The lowest BCUT2D eigenvalue weighted by atomic mass is 9.96. The van der Waals surface area contributed by atoms with Crippen LogP contribution in [0.2, 0.25) is 0 Å². The van der Waals surface area contributed by atoms with Gasteiger partial charge in [-0.25, -0.2) is 0 Å². The molecule has 0 amide bonds. The molecule has 1 aromatic carbocycles. The Morgan fingerprint density at radius 3 is 1.94 bits per heavy atom. The number of ketones is 1. The lowest BCUT2D eigenvalue weighted by molar-refractivity contribution is -0.302. The van der Waals surface area contributed by atoms with Crippen LogP contribution in [0.3, 0.4) is 0 Å². The Balaban J connectivity index is 3.43. The highest BCUT2D eigenvalue weighted by Crippen LogP contribution is 2.20. The van der Waals surface area contributed by atoms with Gasteiger partial charge >= 0.3 is 0 Å². The molecule has 0 heterocycles. The molecule has 94 valence electrons. The second kappa shape index (κ2) is 5.77. The molecule has 1 rings (SSSR count). The molecule has 0 saturated carbocycles. The van der Waals surface area contributed by atoms with E-state index in [1.807, 2.05) is 0 Å². The van der Waals surface area contributed by atoms with Crippen molar-refractivity contribution in [2.24, 2.45) is 0 Å². The van der Waals surface area contributed by atoms with E-state index in [1.165, 1.54) is 19.1 Å². The van der Waals surface area contributed by atoms with E-state index in [2.05, 4.69) is 0 Å². The fraction of sp³-hybridized carbons (Fsp3) is 0.154. The fourth-order valence-corrected chi connectivity index (χ4v) is 1.53. The minimum atomic E-state index is -1.69. The molecule has 0 radical (unpaired) electrons. The van der Waals surface area contributed by atoms with Crippen LogP contribution < -0.4 is 10.2 Å². The number of aliphatic carboxylic acids is 2. The van der Waals surface area contributed by atoms with E-state index >= 15 is 0 Å². The third-order valence-corrected chi connectivity index (χ3v) is 2.24. The first kappa shape index (κ1) is 13.6. The van der Waals surface area contributed by atoms with Crippen molar-refractivity contribution >= 4 is 23.3 Å². The van der Waals surface area contributed by atoms with Crippen LogP contribution in [0.4, 0.5) is 0 Å². The van der Waals surface area contributed by atoms with E-state index in [-0.39, 0.29) is 5.56 Å². The molecule has 0 spiro atoms. The van der Waals surface area contributed by atoms with E-state index in [1.54, 1.807) is 18.2 Å². The van der Waals surface area contributed by atoms with Crippen LogP contribution >= 0.6 is 0 Å². The molecule has 0 saturated heterocycles. The summed E-state index contributed by atoms with van der Waals surface area (Å²) in [5, 5.41) is 22.0. The summed E-state index contributed by atoms with van der Waals surface area (Å²) in [7, 11) is 0. The molecule has 0 aliphatic heterocycles. The number of carboxylic acid groups (broad SMARTS) is 2. The molecule has 5 nitrogen and oxygen atoms in total. The van der Waals surface area contributed by atoms with Gasteiger partial charge in [-0.05, 0) is 18.1 Å². The normalized spacial score (nSPS) is 11.6. The van der Waals surface area contributed by atoms with E-state index in [0.717, 1.165) is 0 Å². The van der Waals surface area contributed by atoms with Gasteiger partial charge in [0.05, 0.1) is 11.9 Å². The van der Waals surface area contributed by atoms with Crippen molar-refractivity contribution in [2.75, 3.05) is 0 Å². The Hall–Kier alpha value is -2.43. The maximum Gasteiger partial charge on any atom is 0.134 e. The van der Waals surface area contributed by atoms with Gasteiger partial charge < -0.3 is 19.8 Å². The smallest absolute Gasteiger partial charge is 0.134 e. The Kier molecular flexibility index (Phi) is 4.37. The van der Waals surface area contributed by atoms with Crippen LogP contribution in [0, 0.1) is 0 Å². The summed E-state index contributed by atoms with van der Waals surface area (Å²) in [6.45, 7) is 1.17. The minimum Gasteiger partial charge on any atom is -0.545 e. The van der Waals surface area contributed by atoms with Crippen molar-refractivity contribution in [2.45, 2.75) is 13.3 Å². The largest absolute Gasteiger partial charge is 0.545 e. The van der Waals surface area contributed by atoms with Gasteiger partial charge in [0.2, 0.25) is 0 Å². The zero-order chi connectivity index (χ0) is 13.7. The average molecular weight is 246 g/mol. The highest BCUT2D eigenvalue weighted by Gasteiger charge is 2.13. The predicted octanol–water partition coefficient (Wildman–Crippen LogP) is -1.08. The topological polar surface area (TPSA) is 97.3 Å².